The third-order valence-corrected chi connectivity index (χ3v) is 5.29. The van der Waals surface area contributed by atoms with Crippen molar-refractivity contribution < 1.29 is 19.8 Å². The highest BCUT2D eigenvalue weighted by Gasteiger charge is 2.57. The number of hydrogen-bond donors (Lipinski definition) is 2. The summed E-state index contributed by atoms with van der Waals surface area (Å²) in [4.78, 5) is 25.0. The molecule has 0 saturated carbocycles. The molecular weight excluding hydrogens is 340 g/mol. The highest BCUT2D eigenvalue weighted by molar-refractivity contribution is 6.14. The minimum atomic E-state index is -2.05. The van der Waals surface area contributed by atoms with E-state index in [1.165, 1.54) is 0 Å². The van der Waals surface area contributed by atoms with E-state index in [1.54, 1.807) is 12.1 Å². The number of hydrogen-bond acceptors (Lipinski definition) is 2. The molecule has 0 spiro atoms. The molecule has 4 nitrogen and oxygen atoms in total. The monoisotopic (exact) mass is 366 g/mol. The van der Waals surface area contributed by atoms with Gasteiger partial charge in [-0.3, -0.25) is 9.59 Å². The molecule has 2 aromatic rings. The van der Waals surface area contributed by atoms with Gasteiger partial charge in [0.05, 0.1) is 0 Å². The van der Waals surface area contributed by atoms with E-state index in [9.17, 15) is 19.8 Å². The van der Waals surface area contributed by atoms with Gasteiger partial charge in [0.25, 0.3) is 0 Å². The van der Waals surface area contributed by atoms with E-state index in [1.807, 2.05) is 24.3 Å². The maximum absolute atomic E-state index is 12.5. The van der Waals surface area contributed by atoms with Gasteiger partial charge in [-0.1, -0.05) is 64.1 Å². The Bertz CT molecular complexity index is 895. The second-order valence-corrected chi connectivity index (χ2v) is 8.23. The van der Waals surface area contributed by atoms with Crippen LogP contribution < -0.4 is 0 Å². The van der Waals surface area contributed by atoms with Gasteiger partial charge in [0, 0.05) is 0 Å². The topological polar surface area (TPSA) is 74.6 Å². The molecule has 0 fully saturated rings. The molecule has 0 unspecified atom stereocenters. The minimum absolute atomic E-state index is 0.284. The number of carbonyl (C=O) groups is 2. The van der Waals surface area contributed by atoms with Gasteiger partial charge >= 0.3 is 11.9 Å². The molecule has 1 aliphatic rings. The van der Waals surface area contributed by atoms with Crippen molar-refractivity contribution >= 4 is 11.9 Å². The molecule has 1 aliphatic carbocycles. The SMILES string of the molecule is CC(C)Cc1ccc2c(c1CC(C)C)C(C(=O)O)(C(=O)O)c1ccccc1-2. The molecular formula is C23H26O4. The number of carboxylic acid groups (broad SMARTS) is 2. The Morgan fingerprint density at radius 2 is 1.44 bits per heavy atom. The fraction of sp³-hybridized carbons (Fsp3) is 0.391. The van der Waals surface area contributed by atoms with Crippen LogP contribution in [0.3, 0.4) is 0 Å². The summed E-state index contributed by atoms with van der Waals surface area (Å²) in [5.41, 5.74) is 2.14. The van der Waals surface area contributed by atoms with Gasteiger partial charge in [-0.05, 0) is 58.1 Å². The van der Waals surface area contributed by atoms with Gasteiger partial charge in [-0.2, -0.15) is 0 Å². The van der Waals surface area contributed by atoms with Crippen LogP contribution in [0.5, 0.6) is 0 Å². The van der Waals surface area contributed by atoms with Gasteiger partial charge in [0.1, 0.15) is 0 Å². The van der Waals surface area contributed by atoms with E-state index in [2.05, 4.69) is 27.7 Å². The van der Waals surface area contributed by atoms with E-state index in [-0.39, 0.29) is 5.92 Å². The predicted octanol–water partition coefficient (Wildman–Crippen LogP) is 4.52. The van der Waals surface area contributed by atoms with Crippen molar-refractivity contribution in [2.24, 2.45) is 11.8 Å². The first-order valence-electron chi connectivity index (χ1n) is 9.43. The Morgan fingerprint density at radius 1 is 0.852 bits per heavy atom. The Kier molecular flexibility index (Phi) is 4.85. The standard InChI is InChI=1S/C23H26O4/c1-13(2)11-15-9-10-17-16-7-5-6-8-19(16)23(21(24)25,22(26)27)20(17)18(15)12-14(3)4/h5-10,13-14H,11-12H2,1-4H3,(H,24,25)(H,26,27). The van der Waals surface area contributed by atoms with Crippen molar-refractivity contribution in [3.8, 4) is 11.1 Å². The summed E-state index contributed by atoms with van der Waals surface area (Å²) in [6, 6.07) is 11.0. The third kappa shape index (κ3) is 2.84. The highest BCUT2D eigenvalue weighted by Crippen LogP contribution is 2.52. The lowest BCUT2D eigenvalue weighted by molar-refractivity contribution is -0.155. The summed E-state index contributed by atoms with van der Waals surface area (Å²) in [5.74, 6) is -1.98. The van der Waals surface area contributed by atoms with Crippen molar-refractivity contribution in [3.05, 3.63) is 58.7 Å². The first kappa shape index (κ1) is 19.2. The number of benzene rings is 2. The summed E-state index contributed by atoms with van der Waals surface area (Å²) >= 11 is 0. The van der Waals surface area contributed by atoms with Crippen molar-refractivity contribution in [2.75, 3.05) is 0 Å². The Labute approximate surface area is 159 Å². The second kappa shape index (κ2) is 6.84. The van der Waals surface area contributed by atoms with Gasteiger partial charge in [-0.25, -0.2) is 0 Å². The van der Waals surface area contributed by atoms with Gasteiger partial charge in [0.2, 0.25) is 5.41 Å². The summed E-state index contributed by atoms with van der Waals surface area (Å²) in [7, 11) is 0. The van der Waals surface area contributed by atoms with Crippen molar-refractivity contribution in [1.82, 2.24) is 0 Å². The van der Waals surface area contributed by atoms with Crippen LogP contribution in [-0.4, -0.2) is 22.2 Å². The first-order valence-corrected chi connectivity index (χ1v) is 9.43. The van der Waals surface area contributed by atoms with Crippen LogP contribution in [0.2, 0.25) is 0 Å². The lowest BCUT2D eigenvalue weighted by Crippen LogP contribution is -2.44. The summed E-state index contributed by atoms with van der Waals surface area (Å²) in [6.07, 6.45) is 1.45. The number of rotatable bonds is 6. The summed E-state index contributed by atoms with van der Waals surface area (Å²) < 4.78 is 0. The predicted molar refractivity (Wildman–Crippen MR) is 105 cm³/mol. The van der Waals surface area contributed by atoms with Crippen LogP contribution in [-0.2, 0) is 27.8 Å². The van der Waals surface area contributed by atoms with Gasteiger partial charge in [0.15, 0.2) is 0 Å². The quantitative estimate of drug-likeness (QED) is 0.737. The molecule has 0 radical (unpaired) electrons. The Morgan fingerprint density at radius 3 is 2.00 bits per heavy atom. The lowest BCUT2D eigenvalue weighted by atomic mass is 9.73. The van der Waals surface area contributed by atoms with Gasteiger partial charge in [-0.15, -0.1) is 0 Å². The lowest BCUT2D eigenvalue weighted by Gasteiger charge is -2.27. The number of carboxylic acids is 2. The van der Waals surface area contributed by atoms with Crippen molar-refractivity contribution in [1.29, 1.82) is 0 Å². The zero-order valence-electron chi connectivity index (χ0n) is 16.2. The second-order valence-electron chi connectivity index (χ2n) is 8.23. The smallest absolute Gasteiger partial charge is 0.330 e. The average molecular weight is 366 g/mol. The van der Waals surface area contributed by atoms with E-state index >= 15 is 0 Å². The van der Waals surface area contributed by atoms with Gasteiger partial charge < -0.3 is 10.2 Å². The summed E-state index contributed by atoms with van der Waals surface area (Å²) in [5, 5.41) is 20.4. The van der Waals surface area contributed by atoms with E-state index < -0.39 is 17.4 Å². The third-order valence-electron chi connectivity index (χ3n) is 5.29. The van der Waals surface area contributed by atoms with Crippen LogP contribution in [0.4, 0.5) is 0 Å². The maximum atomic E-state index is 12.5. The molecule has 0 saturated heterocycles. The molecule has 0 atom stereocenters. The fourth-order valence-electron chi connectivity index (χ4n) is 4.33. The zero-order valence-corrected chi connectivity index (χ0v) is 16.2. The van der Waals surface area contributed by atoms with Crippen LogP contribution in [0.15, 0.2) is 36.4 Å². The van der Waals surface area contributed by atoms with Crippen molar-refractivity contribution in [2.45, 2.75) is 46.0 Å². The molecule has 4 heteroatoms. The molecule has 3 rings (SSSR count). The Balaban J connectivity index is 2.44. The summed E-state index contributed by atoms with van der Waals surface area (Å²) in [6.45, 7) is 8.37. The van der Waals surface area contributed by atoms with Crippen LogP contribution in [0.1, 0.15) is 49.9 Å². The number of aliphatic carboxylic acids is 2. The van der Waals surface area contributed by atoms with E-state index in [0.29, 0.717) is 29.0 Å². The molecule has 0 amide bonds. The normalized spacial score (nSPS) is 14.3. The number of fused-ring (bicyclic) bond motifs is 3. The molecule has 0 aliphatic heterocycles. The highest BCUT2D eigenvalue weighted by atomic mass is 16.4. The molecule has 0 aromatic heterocycles. The first-order chi connectivity index (χ1) is 12.7. The molecule has 0 bridgehead atoms. The molecule has 2 N–H and O–H groups in total. The van der Waals surface area contributed by atoms with Crippen LogP contribution in [0, 0.1) is 11.8 Å². The molecule has 142 valence electrons. The largest absolute Gasteiger partial charge is 0.480 e. The van der Waals surface area contributed by atoms with Crippen LogP contribution in [0.25, 0.3) is 11.1 Å². The van der Waals surface area contributed by atoms with Crippen LogP contribution >= 0.6 is 0 Å². The molecule has 2 aromatic carbocycles. The van der Waals surface area contributed by atoms with E-state index in [0.717, 1.165) is 23.1 Å². The van der Waals surface area contributed by atoms with Crippen molar-refractivity contribution in [3.63, 3.8) is 0 Å². The zero-order chi connectivity index (χ0) is 19.9. The fourth-order valence-corrected chi connectivity index (χ4v) is 4.33. The average Bonchev–Trinajstić information content (AvgIpc) is 2.88. The minimum Gasteiger partial charge on any atom is -0.480 e. The molecule has 0 heterocycles. The van der Waals surface area contributed by atoms with E-state index in [4.69, 9.17) is 0 Å². The Hall–Kier alpha value is -2.62. The molecule has 27 heavy (non-hydrogen) atoms. The maximum Gasteiger partial charge on any atom is 0.330 e.